The fraction of sp³-hybridized carbons (Fsp3) is 0.500. The van der Waals surface area contributed by atoms with Crippen LogP contribution in [0.25, 0.3) is 0 Å². The Labute approximate surface area is 363 Å². The summed E-state index contributed by atoms with van der Waals surface area (Å²) < 4.78 is 33.2. The maximum Gasteiger partial charge on any atom is 0.472 e. The van der Waals surface area contributed by atoms with E-state index >= 15 is 0 Å². The Balaban J connectivity index is 4.40. The Morgan fingerprint density at radius 1 is 0.517 bits per heavy atom. The van der Waals surface area contributed by atoms with E-state index in [1.165, 1.54) is 0 Å². The van der Waals surface area contributed by atoms with Crippen LogP contribution in [0.5, 0.6) is 0 Å². The van der Waals surface area contributed by atoms with Crippen LogP contribution in [-0.2, 0) is 27.9 Å². The number of phosphoric acid groups is 1. The van der Waals surface area contributed by atoms with E-state index in [9.17, 15) is 19.4 Å². The first-order valence-electron chi connectivity index (χ1n) is 21.8. The zero-order chi connectivity index (χ0) is 43.9. The number of ether oxygens (including phenoxy) is 2. The van der Waals surface area contributed by atoms with Gasteiger partial charge in [0.1, 0.15) is 12.2 Å². The highest BCUT2D eigenvalue weighted by molar-refractivity contribution is 7.47. The highest BCUT2D eigenvalue weighted by atomic mass is 31.2. The monoisotopic (exact) mass is 853 g/mol. The molecule has 336 valence electrons. The van der Waals surface area contributed by atoms with Crippen molar-refractivity contribution >= 4 is 13.8 Å². The highest BCUT2D eigenvalue weighted by Crippen LogP contribution is 2.43. The lowest BCUT2D eigenvalue weighted by molar-refractivity contribution is -0.153. The van der Waals surface area contributed by atoms with Crippen LogP contribution in [0.2, 0.25) is 0 Å². The smallest absolute Gasteiger partial charge is 0.457 e. The summed E-state index contributed by atoms with van der Waals surface area (Å²) in [5.74, 6) is -0.532. The summed E-state index contributed by atoms with van der Waals surface area (Å²) in [5.41, 5.74) is 0. The van der Waals surface area contributed by atoms with Crippen LogP contribution in [0.3, 0.4) is 0 Å². The molecule has 0 aliphatic carbocycles. The summed E-state index contributed by atoms with van der Waals surface area (Å²) in [5, 5.41) is 18.3. The van der Waals surface area contributed by atoms with Crippen LogP contribution in [0.4, 0.5) is 0 Å². The first kappa shape index (κ1) is 56.3. The minimum Gasteiger partial charge on any atom is -0.457 e. The third-order valence-corrected chi connectivity index (χ3v) is 9.00. The number of unbranched alkanes of at least 4 members (excludes halogenated alkanes) is 2. The molecule has 0 rings (SSSR count). The van der Waals surface area contributed by atoms with Crippen LogP contribution >= 0.6 is 7.82 Å². The van der Waals surface area contributed by atoms with Crippen LogP contribution in [0.15, 0.2) is 146 Å². The maximum absolute atomic E-state index is 12.5. The van der Waals surface area contributed by atoms with Crippen LogP contribution < -0.4 is 0 Å². The summed E-state index contributed by atoms with van der Waals surface area (Å²) in [6.45, 7) is 2.98. The Hall–Kier alpha value is -3.66. The molecule has 3 unspecified atom stereocenters. The number of allylic oxidation sites excluding steroid dienone is 23. The Morgan fingerprint density at radius 3 is 1.28 bits per heavy atom. The third kappa shape index (κ3) is 43.9. The number of esters is 1. The predicted molar refractivity (Wildman–Crippen MR) is 250 cm³/mol. The van der Waals surface area contributed by atoms with Crippen molar-refractivity contribution in [2.75, 3.05) is 33.0 Å². The molecule has 0 saturated heterocycles. The lowest BCUT2D eigenvalue weighted by atomic mass is 10.2. The number of carbonyl (C=O) groups excluding carboxylic acids is 1. The normalized spacial score (nSPS) is 15.3. The van der Waals surface area contributed by atoms with Crippen LogP contribution in [0, 0.1) is 0 Å². The van der Waals surface area contributed by atoms with Gasteiger partial charge in [0.15, 0.2) is 0 Å². The minimum atomic E-state index is -4.57. The van der Waals surface area contributed by atoms with E-state index in [1.54, 1.807) is 6.08 Å². The number of hydrogen-bond donors (Lipinski definition) is 3. The lowest BCUT2D eigenvalue weighted by Gasteiger charge is -2.20. The number of carbonyl (C=O) groups is 1. The molecule has 0 spiro atoms. The number of aliphatic hydroxyl groups is 2. The van der Waals surface area contributed by atoms with Crippen molar-refractivity contribution in [3.05, 3.63) is 146 Å². The van der Waals surface area contributed by atoms with Crippen LogP contribution in [0.1, 0.15) is 117 Å². The molecule has 60 heavy (non-hydrogen) atoms. The molecular weight excluding hydrogens is 776 g/mol. The maximum atomic E-state index is 12.5. The second-order valence-corrected chi connectivity index (χ2v) is 15.1. The van der Waals surface area contributed by atoms with E-state index in [0.29, 0.717) is 13.0 Å². The molecule has 0 aromatic heterocycles. The Morgan fingerprint density at radius 2 is 0.883 bits per heavy atom. The molecule has 0 heterocycles. The van der Waals surface area contributed by atoms with Crippen molar-refractivity contribution in [3.63, 3.8) is 0 Å². The van der Waals surface area contributed by atoms with Gasteiger partial charge in [0, 0.05) is 6.61 Å². The van der Waals surface area contributed by atoms with E-state index < -0.39 is 45.8 Å². The Bertz CT molecular complexity index is 1430. The summed E-state index contributed by atoms with van der Waals surface area (Å²) in [6, 6.07) is 0. The SMILES string of the molecule is CC/C=C\C/C=C\C/C=C\C/C=C\C/C=C\C/C=C\C/C=C\CCCCOCC(COP(=O)(O)OCC(O)CO)OC(=O)C/C=C\C/C=C\C/C=C\C/C=C\C/C=C\CC. The van der Waals surface area contributed by atoms with Gasteiger partial charge in [-0.3, -0.25) is 13.8 Å². The average molecular weight is 853 g/mol. The molecule has 0 aromatic rings. The van der Waals surface area contributed by atoms with Gasteiger partial charge in [-0.25, -0.2) is 4.57 Å². The third-order valence-electron chi connectivity index (χ3n) is 8.05. The van der Waals surface area contributed by atoms with Gasteiger partial charge in [0.25, 0.3) is 0 Å². The van der Waals surface area contributed by atoms with Gasteiger partial charge in [-0.1, -0.05) is 160 Å². The molecule has 10 heteroatoms. The summed E-state index contributed by atoms with van der Waals surface area (Å²) in [4.78, 5) is 22.5. The van der Waals surface area contributed by atoms with Gasteiger partial charge in [-0.05, 0) is 96.3 Å². The number of phosphoric ester groups is 1. The fourth-order valence-electron chi connectivity index (χ4n) is 4.82. The molecule has 0 fully saturated rings. The van der Waals surface area contributed by atoms with Crippen molar-refractivity contribution in [1.82, 2.24) is 0 Å². The second kappa shape index (κ2) is 44.9. The van der Waals surface area contributed by atoms with Crippen molar-refractivity contribution in [1.29, 1.82) is 0 Å². The number of aliphatic hydroxyl groups excluding tert-OH is 2. The van der Waals surface area contributed by atoms with Crippen molar-refractivity contribution < 1.29 is 43.0 Å². The fourth-order valence-corrected chi connectivity index (χ4v) is 5.61. The zero-order valence-corrected chi connectivity index (χ0v) is 37.5. The molecule has 9 nitrogen and oxygen atoms in total. The molecular formula is C50H77O9P. The first-order chi connectivity index (χ1) is 29.3. The molecule has 3 N–H and O–H groups in total. The molecule has 0 aromatic carbocycles. The van der Waals surface area contributed by atoms with Gasteiger partial charge in [-0.15, -0.1) is 0 Å². The topological polar surface area (TPSA) is 132 Å². The van der Waals surface area contributed by atoms with E-state index in [2.05, 4.69) is 141 Å². The molecule has 0 radical (unpaired) electrons. The predicted octanol–water partition coefficient (Wildman–Crippen LogP) is 12.4. The van der Waals surface area contributed by atoms with Gasteiger partial charge in [0.05, 0.1) is 32.8 Å². The molecule has 0 amide bonds. The van der Waals surface area contributed by atoms with Crippen molar-refractivity contribution in [2.45, 2.75) is 129 Å². The van der Waals surface area contributed by atoms with Crippen LogP contribution in [-0.4, -0.2) is 66.3 Å². The summed E-state index contributed by atoms with van der Waals surface area (Å²) in [6.07, 6.45) is 62.8. The van der Waals surface area contributed by atoms with E-state index in [4.69, 9.17) is 23.6 Å². The van der Waals surface area contributed by atoms with Gasteiger partial charge >= 0.3 is 13.8 Å². The van der Waals surface area contributed by atoms with E-state index in [1.807, 2.05) is 12.2 Å². The molecule has 0 saturated carbocycles. The standard InChI is InChI=1S/C50H77O9P/c1-3-5-7-9-11-13-15-17-19-20-21-22-23-24-25-26-27-29-31-33-35-37-39-41-43-56-46-49(47-58-60(54,55)57-45-48(52)44-51)59-50(53)42-40-38-36-34-32-30-28-18-16-14-12-10-8-6-4-2/h5-8,11-14,17-19,21-22,24-25,27-29,32-35,38,40,48-49,51-52H,3-4,9-10,15-16,20,23,26,30-31,36-37,39,41-47H2,1-2H3,(H,54,55)/b7-5-,8-6-,13-11-,14-12-,19-17-,22-21-,25-24-,28-18-,29-27-,34-32-,35-33-,40-38-. The van der Waals surface area contributed by atoms with E-state index in [-0.39, 0.29) is 13.0 Å². The van der Waals surface area contributed by atoms with Gasteiger partial charge in [-0.2, -0.15) is 0 Å². The minimum absolute atomic E-state index is 0.0188. The number of hydrogen-bond acceptors (Lipinski definition) is 8. The zero-order valence-electron chi connectivity index (χ0n) is 36.6. The molecule has 3 atom stereocenters. The first-order valence-corrected chi connectivity index (χ1v) is 23.3. The van der Waals surface area contributed by atoms with E-state index in [0.717, 1.165) is 89.9 Å². The largest absolute Gasteiger partial charge is 0.472 e. The molecule has 0 aliphatic heterocycles. The number of rotatable bonds is 39. The quantitative estimate of drug-likeness (QED) is 0.0239. The summed E-state index contributed by atoms with van der Waals surface area (Å²) in [7, 11) is -4.57. The van der Waals surface area contributed by atoms with Crippen molar-refractivity contribution in [3.8, 4) is 0 Å². The molecule has 0 aliphatic rings. The average Bonchev–Trinajstić information content (AvgIpc) is 3.24. The second-order valence-electron chi connectivity index (χ2n) is 13.6. The summed E-state index contributed by atoms with van der Waals surface area (Å²) >= 11 is 0. The van der Waals surface area contributed by atoms with Crippen molar-refractivity contribution in [2.24, 2.45) is 0 Å². The lowest BCUT2D eigenvalue weighted by Crippen LogP contribution is -2.28. The van der Waals surface area contributed by atoms with Gasteiger partial charge in [0.2, 0.25) is 0 Å². The van der Waals surface area contributed by atoms with Gasteiger partial charge < -0.3 is 24.6 Å². The highest BCUT2D eigenvalue weighted by Gasteiger charge is 2.26. The Kier molecular flexibility index (Phi) is 42.1. The molecule has 0 bridgehead atoms.